The summed E-state index contributed by atoms with van der Waals surface area (Å²) in [7, 11) is 1.83. The maximum Gasteiger partial charge on any atom is 0.289 e. The van der Waals surface area contributed by atoms with Crippen LogP contribution in [0.15, 0.2) is 33.4 Å². The third-order valence-electron chi connectivity index (χ3n) is 2.91. The number of carbonyl (C=O) groups is 1. The lowest BCUT2D eigenvalue weighted by Gasteiger charge is -2.15. The Labute approximate surface area is 150 Å². The van der Waals surface area contributed by atoms with Gasteiger partial charge >= 0.3 is 0 Å². The second-order valence-electron chi connectivity index (χ2n) is 4.90. The monoisotopic (exact) mass is 417 g/mol. The molecule has 1 N–H and O–H groups in total. The first-order valence-corrected chi connectivity index (χ1v) is 8.55. The van der Waals surface area contributed by atoms with Crippen LogP contribution in [0.2, 0.25) is 5.02 Å². The van der Waals surface area contributed by atoms with Gasteiger partial charge in [0.25, 0.3) is 5.69 Å². The number of nitrogens with one attached hydrogen (secondary N) is 1. The molecule has 0 saturated carbocycles. The number of halogens is 2. The molecule has 0 fully saturated rings. The van der Waals surface area contributed by atoms with Crippen LogP contribution in [0.1, 0.15) is 5.56 Å². The molecule has 9 heteroatoms. The zero-order valence-corrected chi connectivity index (χ0v) is 15.2. The summed E-state index contributed by atoms with van der Waals surface area (Å²) >= 11 is 10.7. The molecule has 0 aliphatic carbocycles. The first-order valence-electron chi connectivity index (χ1n) is 6.50. The lowest BCUT2D eigenvalue weighted by Crippen LogP contribution is -2.29. The van der Waals surface area contributed by atoms with Crippen LogP contribution in [0.3, 0.4) is 0 Å². The fourth-order valence-corrected chi connectivity index (χ4v) is 3.36. The summed E-state index contributed by atoms with van der Waals surface area (Å²) in [6.45, 7) is 0.806. The smallest absolute Gasteiger partial charge is 0.289 e. The Bertz CT molecular complexity index is 738. The van der Waals surface area contributed by atoms with Crippen LogP contribution >= 0.6 is 38.9 Å². The van der Waals surface area contributed by atoms with Gasteiger partial charge in [-0.15, -0.1) is 11.3 Å². The van der Waals surface area contributed by atoms with Crippen molar-refractivity contribution in [3.8, 4) is 0 Å². The standard InChI is InChI=1S/C14H13BrClN3O3S/c1-18(6-9-4-13(15)23-8-9)7-14(20)17-10-2-3-11(16)12(5-10)19(21)22/h2-5,8H,6-7H2,1H3,(H,17,20). The molecule has 1 heterocycles. The predicted octanol–water partition coefficient (Wildman–Crippen LogP) is 4.14. The van der Waals surface area contributed by atoms with Crippen molar-refractivity contribution in [2.24, 2.45) is 0 Å². The number of amides is 1. The highest BCUT2D eigenvalue weighted by Gasteiger charge is 2.14. The molecule has 0 aliphatic heterocycles. The van der Waals surface area contributed by atoms with Crippen LogP contribution in [0.25, 0.3) is 0 Å². The van der Waals surface area contributed by atoms with Gasteiger partial charge in [0, 0.05) is 18.3 Å². The second kappa shape index (κ2) is 7.87. The Hall–Kier alpha value is -1.48. The normalized spacial score (nSPS) is 10.8. The summed E-state index contributed by atoms with van der Waals surface area (Å²) in [5.41, 5.74) is 1.22. The molecule has 0 unspecified atom stereocenters. The van der Waals surface area contributed by atoms with Crippen molar-refractivity contribution < 1.29 is 9.72 Å². The van der Waals surface area contributed by atoms with Gasteiger partial charge < -0.3 is 5.32 Å². The minimum Gasteiger partial charge on any atom is -0.325 e. The maximum atomic E-state index is 12.0. The molecule has 0 bridgehead atoms. The highest BCUT2D eigenvalue weighted by Crippen LogP contribution is 2.27. The Balaban J connectivity index is 1.94. The number of thiophene rings is 1. The van der Waals surface area contributed by atoms with E-state index in [0.29, 0.717) is 12.2 Å². The average molecular weight is 419 g/mol. The highest BCUT2D eigenvalue weighted by atomic mass is 79.9. The molecule has 6 nitrogen and oxygen atoms in total. The summed E-state index contributed by atoms with van der Waals surface area (Å²) in [6, 6.07) is 6.17. The van der Waals surface area contributed by atoms with Crippen molar-refractivity contribution in [3.63, 3.8) is 0 Å². The lowest BCUT2D eigenvalue weighted by molar-refractivity contribution is -0.384. The van der Waals surface area contributed by atoms with Crippen molar-refractivity contribution in [1.82, 2.24) is 4.90 Å². The Morgan fingerprint density at radius 1 is 1.48 bits per heavy atom. The van der Waals surface area contributed by atoms with E-state index in [1.165, 1.54) is 18.2 Å². The second-order valence-corrected chi connectivity index (χ2v) is 7.60. The van der Waals surface area contributed by atoms with E-state index in [0.717, 1.165) is 9.35 Å². The van der Waals surface area contributed by atoms with Crippen LogP contribution in [0, 0.1) is 10.1 Å². The molecule has 0 spiro atoms. The summed E-state index contributed by atoms with van der Waals surface area (Å²) in [5.74, 6) is -0.251. The molecule has 2 rings (SSSR count). The number of carbonyl (C=O) groups excluding carboxylic acids is 1. The molecular formula is C14H13BrClN3O3S. The molecule has 1 amide bonds. The molecule has 23 heavy (non-hydrogen) atoms. The van der Waals surface area contributed by atoms with Crippen LogP contribution in [-0.4, -0.2) is 29.3 Å². The first kappa shape index (κ1) is 17.9. The molecule has 0 saturated heterocycles. The number of hydrogen-bond acceptors (Lipinski definition) is 5. The van der Waals surface area contributed by atoms with Crippen LogP contribution in [0.5, 0.6) is 0 Å². The quantitative estimate of drug-likeness (QED) is 0.565. The fourth-order valence-electron chi connectivity index (χ4n) is 1.97. The summed E-state index contributed by atoms with van der Waals surface area (Å²) in [4.78, 5) is 24.1. The van der Waals surface area contributed by atoms with Gasteiger partial charge in [-0.25, -0.2) is 0 Å². The van der Waals surface area contributed by atoms with Gasteiger partial charge in [0.05, 0.1) is 15.3 Å². The van der Waals surface area contributed by atoms with Gasteiger partial charge in [0.2, 0.25) is 5.91 Å². The number of likely N-dealkylation sites (N-methyl/N-ethyl adjacent to an activating group) is 1. The lowest BCUT2D eigenvalue weighted by atomic mass is 10.2. The van der Waals surface area contributed by atoms with E-state index in [-0.39, 0.29) is 23.2 Å². The van der Waals surface area contributed by atoms with Crippen LogP contribution in [-0.2, 0) is 11.3 Å². The van der Waals surface area contributed by atoms with E-state index in [4.69, 9.17) is 11.6 Å². The predicted molar refractivity (Wildman–Crippen MR) is 95.1 cm³/mol. The van der Waals surface area contributed by atoms with Gasteiger partial charge in [-0.1, -0.05) is 11.6 Å². The van der Waals surface area contributed by atoms with Crippen LogP contribution in [0.4, 0.5) is 11.4 Å². The molecule has 1 aromatic carbocycles. The molecule has 122 valence electrons. The summed E-state index contributed by atoms with van der Waals surface area (Å²) in [5, 5.41) is 15.5. The largest absolute Gasteiger partial charge is 0.325 e. The Morgan fingerprint density at radius 3 is 2.83 bits per heavy atom. The van der Waals surface area contributed by atoms with Gasteiger partial charge in [-0.05, 0) is 52.1 Å². The number of nitrogens with zero attached hydrogens (tertiary/aromatic N) is 2. The van der Waals surface area contributed by atoms with E-state index in [1.54, 1.807) is 11.3 Å². The number of benzene rings is 1. The van der Waals surface area contributed by atoms with Crippen molar-refractivity contribution in [3.05, 3.63) is 54.1 Å². The van der Waals surface area contributed by atoms with Gasteiger partial charge in [-0.3, -0.25) is 19.8 Å². The first-order chi connectivity index (χ1) is 10.8. The number of nitro benzene ring substituents is 1. The van der Waals surface area contributed by atoms with Crippen LogP contribution < -0.4 is 5.32 Å². The number of hydrogen-bond donors (Lipinski definition) is 1. The summed E-state index contributed by atoms with van der Waals surface area (Å²) < 4.78 is 1.04. The fraction of sp³-hybridized carbons (Fsp3) is 0.214. The molecule has 0 aliphatic rings. The SMILES string of the molecule is CN(CC(=O)Nc1ccc(Cl)c([N+](=O)[O-])c1)Cc1csc(Br)c1. The topological polar surface area (TPSA) is 75.5 Å². The number of anilines is 1. The van der Waals surface area contributed by atoms with Crippen molar-refractivity contribution in [2.45, 2.75) is 6.54 Å². The van der Waals surface area contributed by atoms with Gasteiger partial charge in [0.15, 0.2) is 0 Å². The minimum atomic E-state index is -0.585. The van der Waals surface area contributed by atoms with E-state index in [1.807, 2.05) is 23.4 Å². The van der Waals surface area contributed by atoms with Crippen molar-refractivity contribution >= 4 is 56.1 Å². The Morgan fingerprint density at radius 2 is 2.22 bits per heavy atom. The molecule has 0 radical (unpaired) electrons. The van der Waals surface area contributed by atoms with E-state index >= 15 is 0 Å². The Kier molecular flexibility index (Phi) is 6.11. The van der Waals surface area contributed by atoms with E-state index < -0.39 is 4.92 Å². The van der Waals surface area contributed by atoms with Gasteiger partial charge in [0.1, 0.15) is 5.02 Å². The van der Waals surface area contributed by atoms with Gasteiger partial charge in [-0.2, -0.15) is 0 Å². The maximum absolute atomic E-state index is 12.0. The highest BCUT2D eigenvalue weighted by molar-refractivity contribution is 9.11. The average Bonchev–Trinajstić information content (AvgIpc) is 2.85. The van der Waals surface area contributed by atoms with E-state index in [9.17, 15) is 14.9 Å². The third-order valence-corrected chi connectivity index (χ3v) is 4.79. The van der Waals surface area contributed by atoms with Crippen molar-refractivity contribution in [1.29, 1.82) is 0 Å². The number of nitro groups is 1. The zero-order chi connectivity index (χ0) is 17.0. The van der Waals surface area contributed by atoms with E-state index in [2.05, 4.69) is 21.2 Å². The summed E-state index contributed by atoms with van der Waals surface area (Å²) in [6.07, 6.45) is 0. The molecular weight excluding hydrogens is 406 g/mol. The molecule has 1 aromatic heterocycles. The molecule has 2 aromatic rings. The minimum absolute atomic E-state index is 0.0353. The zero-order valence-electron chi connectivity index (χ0n) is 12.1. The third kappa shape index (κ3) is 5.28. The number of rotatable bonds is 6. The molecule has 0 atom stereocenters. The van der Waals surface area contributed by atoms with Crippen molar-refractivity contribution in [2.75, 3.05) is 18.9 Å².